The van der Waals surface area contributed by atoms with E-state index in [1.165, 1.54) is 36.5 Å². The highest BCUT2D eigenvalue weighted by Crippen LogP contribution is 2.29. The molecule has 0 bridgehead atoms. The molecule has 0 unspecified atom stereocenters. The topological polar surface area (TPSA) is 12.9 Å². The van der Waals surface area contributed by atoms with Gasteiger partial charge >= 0.3 is 6.18 Å². The van der Waals surface area contributed by atoms with Crippen LogP contribution in [0.2, 0.25) is 0 Å². The van der Waals surface area contributed by atoms with Crippen LogP contribution in [0.4, 0.5) is 17.6 Å². The maximum atomic E-state index is 13.4. The van der Waals surface area contributed by atoms with Crippen LogP contribution in [-0.4, -0.2) is 4.98 Å². The van der Waals surface area contributed by atoms with Gasteiger partial charge in [0, 0.05) is 16.2 Å². The molecule has 0 saturated heterocycles. The number of pyridine rings is 1. The molecule has 2 rings (SSSR count). The van der Waals surface area contributed by atoms with Crippen molar-refractivity contribution in [1.82, 2.24) is 4.98 Å². The van der Waals surface area contributed by atoms with Gasteiger partial charge in [0.1, 0.15) is 0 Å². The van der Waals surface area contributed by atoms with Crippen molar-refractivity contribution in [3.63, 3.8) is 0 Å². The van der Waals surface area contributed by atoms with Gasteiger partial charge < -0.3 is 0 Å². The van der Waals surface area contributed by atoms with E-state index in [1.54, 1.807) is 0 Å². The standard InChI is InChI=1S/C14H8BrF4N/c15-12-7-10(13(16)20-8-12)4-1-9-2-5-11(6-3-9)14(17,18)19/h1-8H. The molecule has 0 aliphatic heterocycles. The van der Waals surface area contributed by atoms with Crippen LogP contribution in [0.15, 0.2) is 41.0 Å². The van der Waals surface area contributed by atoms with Crippen LogP contribution in [-0.2, 0) is 6.18 Å². The number of halogens is 5. The third-order valence-corrected chi connectivity index (χ3v) is 2.96. The van der Waals surface area contributed by atoms with E-state index in [1.807, 2.05) is 0 Å². The smallest absolute Gasteiger partial charge is 0.227 e. The number of alkyl halides is 3. The monoisotopic (exact) mass is 345 g/mol. The van der Waals surface area contributed by atoms with E-state index in [-0.39, 0.29) is 5.56 Å². The average Bonchev–Trinajstić information content (AvgIpc) is 2.39. The molecule has 0 N–H and O–H groups in total. The molecule has 1 heterocycles. The second-order valence-corrected chi connectivity index (χ2v) is 4.90. The third kappa shape index (κ3) is 3.66. The van der Waals surface area contributed by atoms with E-state index >= 15 is 0 Å². The van der Waals surface area contributed by atoms with Crippen molar-refractivity contribution in [3.8, 4) is 0 Å². The highest BCUT2D eigenvalue weighted by atomic mass is 79.9. The Balaban J connectivity index is 2.21. The van der Waals surface area contributed by atoms with Gasteiger partial charge in [-0.2, -0.15) is 17.6 Å². The lowest BCUT2D eigenvalue weighted by Crippen LogP contribution is -2.03. The second-order valence-electron chi connectivity index (χ2n) is 3.99. The summed E-state index contributed by atoms with van der Waals surface area (Å²) < 4.78 is 51.1. The maximum Gasteiger partial charge on any atom is 0.416 e. The number of aromatic nitrogens is 1. The Hall–Kier alpha value is -1.69. The number of rotatable bonds is 2. The van der Waals surface area contributed by atoms with Gasteiger partial charge in [0.15, 0.2) is 0 Å². The van der Waals surface area contributed by atoms with E-state index in [0.717, 1.165) is 12.1 Å². The first kappa shape index (κ1) is 14.7. The van der Waals surface area contributed by atoms with Crippen molar-refractivity contribution >= 4 is 28.1 Å². The molecule has 0 amide bonds. The Morgan fingerprint density at radius 3 is 2.30 bits per heavy atom. The summed E-state index contributed by atoms with van der Waals surface area (Å²) >= 11 is 3.17. The van der Waals surface area contributed by atoms with E-state index < -0.39 is 17.7 Å². The summed E-state index contributed by atoms with van der Waals surface area (Å²) in [6.45, 7) is 0. The van der Waals surface area contributed by atoms with Crippen LogP contribution >= 0.6 is 15.9 Å². The first-order chi connectivity index (χ1) is 9.36. The minimum absolute atomic E-state index is 0.249. The number of hydrogen-bond donors (Lipinski definition) is 0. The highest BCUT2D eigenvalue weighted by Gasteiger charge is 2.29. The van der Waals surface area contributed by atoms with Gasteiger partial charge in [-0.15, -0.1) is 0 Å². The Bertz CT molecular complexity index is 633. The normalized spacial score (nSPS) is 12.1. The van der Waals surface area contributed by atoms with Gasteiger partial charge in [-0.1, -0.05) is 18.2 Å². The first-order valence-electron chi connectivity index (χ1n) is 5.52. The van der Waals surface area contributed by atoms with Gasteiger partial charge in [0.05, 0.1) is 5.56 Å². The van der Waals surface area contributed by atoms with E-state index in [9.17, 15) is 17.6 Å². The molecule has 0 radical (unpaired) electrons. The van der Waals surface area contributed by atoms with Crippen molar-refractivity contribution < 1.29 is 17.6 Å². The highest BCUT2D eigenvalue weighted by molar-refractivity contribution is 9.10. The third-order valence-electron chi connectivity index (χ3n) is 2.53. The quantitative estimate of drug-likeness (QED) is 0.540. The average molecular weight is 346 g/mol. The van der Waals surface area contributed by atoms with Gasteiger partial charge in [0.25, 0.3) is 0 Å². The summed E-state index contributed by atoms with van der Waals surface area (Å²) in [5.41, 5.74) is 0.0709. The van der Waals surface area contributed by atoms with Crippen molar-refractivity contribution in [2.75, 3.05) is 0 Å². The number of benzene rings is 1. The summed E-state index contributed by atoms with van der Waals surface area (Å²) in [5.74, 6) is -0.642. The molecule has 6 heteroatoms. The van der Waals surface area contributed by atoms with Crippen LogP contribution in [0, 0.1) is 5.95 Å². The molecule has 0 aliphatic carbocycles. The van der Waals surface area contributed by atoms with Crippen LogP contribution in [0.5, 0.6) is 0 Å². The molecule has 0 spiro atoms. The van der Waals surface area contributed by atoms with Crippen molar-refractivity contribution in [3.05, 3.63) is 63.6 Å². The SMILES string of the molecule is Fc1ncc(Br)cc1C=Cc1ccc(C(F)(F)F)cc1. The van der Waals surface area contributed by atoms with Crippen molar-refractivity contribution in [2.24, 2.45) is 0 Å². The molecule has 20 heavy (non-hydrogen) atoms. The molecular formula is C14H8BrF4N. The molecule has 0 fully saturated rings. The molecule has 1 aromatic carbocycles. The Kier molecular flexibility index (Phi) is 4.23. The molecule has 0 atom stereocenters. The minimum atomic E-state index is -4.36. The fraction of sp³-hybridized carbons (Fsp3) is 0.0714. The zero-order valence-electron chi connectivity index (χ0n) is 9.96. The zero-order valence-corrected chi connectivity index (χ0v) is 11.5. The van der Waals surface area contributed by atoms with Crippen LogP contribution in [0.25, 0.3) is 12.2 Å². The molecular weight excluding hydrogens is 338 g/mol. The Morgan fingerprint density at radius 2 is 1.70 bits per heavy atom. The zero-order chi connectivity index (χ0) is 14.8. The van der Waals surface area contributed by atoms with Crippen molar-refractivity contribution in [2.45, 2.75) is 6.18 Å². The van der Waals surface area contributed by atoms with E-state index in [4.69, 9.17) is 0 Å². The van der Waals surface area contributed by atoms with Crippen LogP contribution in [0.3, 0.4) is 0 Å². The number of hydrogen-bond acceptors (Lipinski definition) is 1. The second kappa shape index (κ2) is 5.75. The van der Waals surface area contributed by atoms with E-state index in [0.29, 0.717) is 10.0 Å². The van der Waals surface area contributed by atoms with Gasteiger partial charge in [0.2, 0.25) is 5.95 Å². The lowest BCUT2D eigenvalue weighted by atomic mass is 10.1. The summed E-state index contributed by atoms with van der Waals surface area (Å²) in [7, 11) is 0. The summed E-state index contributed by atoms with van der Waals surface area (Å²) in [4.78, 5) is 3.52. The Labute approximate surface area is 121 Å². The fourth-order valence-electron chi connectivity index (χ4n) is 1.52. The first-order valence-corrected chi connectivity index (χ1v) is 6.32. The minimum Gasteiger partial charge on any atom is -0.227 e. The van der Waals surface area contributed by atoms with Crippen molar-refractivity contribution in [1.29, 1.82) is 0 Å². The maximum absolute atomic E-state index is 13.4. The molecule has 1 aromatic heterocycles. The Morgan fingerprint density at radius 1 is 1.05 bits per heavy atom. The summed E-state index contributed by atoms with van der Waals surface area (Å²) in [6.07, 6.45) is -0.0598. The molecule has 0 aliphatic rings. The van der Waals surface area contributed by atoms with E-state index in [2.05, 4.69) is 20.9 Å². The molecule has 1 nitrogen and oxygen atoms in total. The number of nitrogens with zero attached hydrogens (tertiary/aromatic N) is 1. The molecule has 2 aromatic rings. The predicted molar refractivity (Wildman–Crippen MR) is 72.3 cm³/mol. The molecule has 0 saturated carbocycles. The lowest BCUT2D eigenvalue weighted by molar-refractivity contribution is -0.137. The largest absolute Gasteiger partial charge is 0.416 e. The summed E-state index contributed by atoms with van der Waals surface area (Å²) in [6, 6.07) is 6.14. The van der Waals surface area contributed by atoms with Gasteiger partial charge in [-0.3, -0.25) is 0 Å². The van der Waals surface area contributed by atoms with Gasteiger partial charge in [-0.25, -0.2) is 4.98 Å². The van der Waals surface area contributed by atoms with Crippen LogP contribution in [0.1, 0.15) is 16.7 Å². The molecule has 104 valence electrons. The summed E-state index contributed by atoms with van der Waals surface area (Å²) in [5, 5.41) is 0. The fourth-order valence-corrected chi connectivity index (χ4v) is 1.87. The van der Waals surface area contributed by atoms with Gasteiger partial charge in [-0.05, 0) is 45.8 Å². The lowest BCUT2D eigenvalue weighted by Gasteiger charge is -2.05. The predicted octanol–water partition coefficient (Wildman–Crippen LogP) is 5.17. The van der Waals surface area contributed by atoms with Crippen LogP contribution < -0.4 is 0 Å².